The van der Waals surface area contributed by atoms with Gasteiger partial charge >= 0.3 is 0 Å². The number of hydrogen-bond donors (Lipinski definition) is 1. The first kappa shape index (κ1) is 12.5. The summed E-state index contributed by atoms with van der Waals surface area (Å²) >= 11 is 3.56. The zero-order valence-electron chi connectivity index (χ0n) is 9.73. The molecule has 1 aromatic carbocycles. The van der Waals surface area contributed by atoms with Gasteiger partial charge in [0.25, 0.3) is 0 Å². The third-order valence-corrected chi connectivity index (χ3v) is 3.34. The van der Waals surface area contributed by atoms with Crippen molar-refractivity contribution in [2.24, 2.45) is 0 Å². The van der Waals surface area contributed by atoms with E-state index in [0.717, 1.165) is 16.6 Å². The average Bonchev–Trinajstić information content (AvgIpc) is 2.21. The summed E-state index contributed by atoms with van der Waals surface area (Å²) in [5.74, 6) is 0.903. The summed E-state index contributed by atoms with van der Waals surface area (Å²) in [4.78, 5) is 0. The maximum absolute atomic E-state index is 5.22. The highest BCUT2D eigenvalue weighted by atomic mass is 79.9. The second-order valence-corrected chi connectivity index (χ2v) is 5.12. The Labute approximate surface area is 100 Å². The Morgan fingerprint density at radius 3 is 2.60 bits per heavy atom. The molecule has 0 amide bonds. The van der Waals surface area contributed by atoms with Crippen molar-refractivity contribution in [1.82, 2.24) is 5.32 Å². The quantitative estimate of drug-likeness (QED) is 0.909. The number of benzene rings is 1. The maximum Gasteiger partial charge on any atom is 0.119 e. The van der Waals surface area contributed by atoms with Gasteiger partial charge in [0.15, 0.2) is 0 Å². The Morgan fingerprint density at radius 2 is 2.07 bits per heavy atom. The van der Waals surface area contributed by atoms with E-state index < -0.39 is 0 Å². The van der Waals surface area contributed by atoms with E-state index in [1.807, 2.05) is 19.2 Å². The van der Waals surface area contributed by atoms with Gasteiger partial charge in [-0.25, -0.2) is 0 Å². The summed E-state index contributed by atoms with van der Waals surface area (Å²) in [5.41, 5.74) is 1.35. The zero-order valence-corrected chi connectivity index (χ0v) is 11.3. The molecule has 0 fully saturated rings. The van der Waals surface area contributed by atoms with Gasteiger partial charge in [0.2, 0.25) is 0 Å². The van der Waals surface area contributed by atoms with Crippen LogP contribution in [0.5, 0.6) is 5.75 Å². The molecular weight excluding hydrogens is 254 g/mol. The second kappa shape index (κ2) is 4.99. The van der Waals surface area contributed by atoms with Crippen LogP contribution < -0.4 is 10.1 Å². The maximum atomic E-state index is 5.22. The molecule has 0 aliphatic carbocycles. The lowest BCUT2D eigenvalue weighted by molar-refractivity contribution is 0.407. The van der Waals surface area contributed by atoms with Crippen LogP contribution in [-0.2, 0) is 6.42 Å². The fraction of sp³-hybridized carbons (Fsp3) is 0.500. The zero-order chi connectivity index (χ0) is 11.5. The molecule has 84 valence electrons. The van der Waals surface area contributed by atoms with E-state index >= 15 is 0 Å². The van der Waals surface area contributed by atoms with Crippen molar-refractivity contribution in [1.29, 1.82) is 0 Å². The summed E-state index contributed by atoms with van der Waals surface area (Å²) in [7, 11) is 3.67. The third kappa shape index (κ3) is 3.50. The molecule has 2 nitrogen and oxygen atoms in total. The number of rotatable bonds is 4. The number of nitrogens with one attached hydrogen (secondary N) is 1. The fourth-order valence-electron chi connectivity index (χ4n) is 1.38. The molecule has 0 atom stereocenters. The Balaban J connectivity index is 2.93. The number of methoxy groups -OCH3 is 1. The first-order valence-electron chi connectivity index (χ1n) is 5.00. The standard InChI is InChI=1S/C12H18BrNO/c1-12(2,14-3)8-9-7-10(15-4)5-6-11(9)13/h5-7,14H,8H2,1-4H3. The molecule has 15 heavy (non-hydrogen) atoms. The van der Waals surface area contributed by atoms with Gasteiger partial charge in [0, 0.05) is 10.0 Å². The lowest BCUT2D eigenvalue weighted by atomic mass is 9.95. The van der Waals surface area contributed by atoms with Crippen LogP contribution >= 0.6 is 15.9 Å². The molecule has 3 heteroatoms. The molecule has 1 N–H and O–H groups in total. The van der Waals surface area contributed by atoms with E-state index in [1.165, 1.54) is 5.56 Å². The van der Waals surface area contributed by atoms with Crippen LogP contribution in [0.15, 0.2) is 22.7 Å². The number of ether oxygens (including phenoxy) is 1. The van der Waals surface area contributed by atoms with Gasteiger partial charge in [-0.2, -0.15) is 0 Å². The third-order valence-electron chi connectivity index (χ3n) is 2.56. The smallest absolute Gasteiger partial charge is 0.119 e. The van der Waals surface area contributed by atoms with Gasteiger partial charge < -0.3 is 10.1 Å². The van der Waals surface area contributed by atoms with E-state index in [2.05, 4.69) is 41.2 Å². The number of hydrogen-bond acceptors (Lipinski definition) is 2. The molecule has 0 bridgehead atoms. The van der Waals surface area contributed by atoms with Gasteiger partial charge in [0.05, 0.1) is 7.11 Å². The Bertz CT molecular complexity index is 336. The largest absolute Gasteiger partial charge is 0.497 e. The lowest BCUT2D eigenvalue weighted by Gasteiger charge is -2.24. The Morgan fingerprint density at radius 1 is 1.40 bits per heavy atom. The van der Waals surface area contributed by atoms with Crippen molar-refractivity contribution < 1.29 is 4.74 Å². The molecule has 1 aromatic rings. The molecule has 0 aromatic heterocycles. The highest BCUT2D eigenvalue weighted by molar-refractivity contribution is 9.10. The van der Waals surface area contributed by atoms with Crippen molar-refractivity contribution in [3.8, 4) is 5.75 Å². The molecule has 0 saturated heterocycles. The van der Waals surface area contributed by atoms with E-state index in [0.29, 0.717) is 0 Å². The predicted molar refractivity (Wildman–Crippen MR) is 67.5 cm³/mol. The summed E-state index contributed by atoms with van der Waals surface area (Å²) in [6, 6.07) is 6.06. The van der Waals surface area contributed by atoms with Gasteiger partial charge in [0.1, 0.15) is 5.75 Å². The van der Waals surface area contributed by atoms with Crippen LogP contribution in [0.3, 0.4) is 0 Å². The summed E-state index contributed by atoms with van der Waals surface area (Å²) in [6.45, 7) is 4.36. The Hall–Kier alpha value is -0.540. The average molecular weight is 272 g/mol. The molecule has 0 aliphatic rings. The molecule has 0 spiro atoms. The predicted octanol–water partition coefficient (Wildman–Crippen LogP) is 3.00. The molecule has 0 aliphatic heterocycles. The Kier molecular flexibility index (Phi) is 4.17. The highest BCUT2D eigenvalue weighted by Gasteiger charge is 2.17. The second-order valence-electron chi connectivity index (χ2n) is 4.27. The number of halogens is 1. The van der Waals surface area contributed by atoms with E-state index in [4.69, 9.17) is 4.74 Å². The van der Waals surface area contributed by atoms with Crippen molar-refractivity contribution in [2.45, 2.75) is 25.8 Å². The van der Waals surface area contributed by atoms with Crippen LogP contribution in [0.1, 0.15) is 19.4 Å². The molecule has 0 saturated carbocycles. The molecule has 0 unspecified atom stereocenters. The van der Waals surface area contributed by atoms with Gasteiger partial charge in [-0.1, -0.05) is 15.9 Å². The molecule has 0 radical (unpaired) electrons. The van der Waals surface area contributed by atoms with E-state index in [-0.39, 0.29) is 5.54 Å². The van der Waals surface area contributed by atoms with Crippen molar-refractivity contribution in [2.75, 3.05) is 14.2 Å². The van der Waals surface area contributed by atoms with Crippen molar-refractivity contribution in [3.63, 3.8) is 0 Å². The number of likely N-dealkylation sites (N-methyl/N-ethyl adjacent to an activating group) is 1. The topological polar surface area (TPSA) is 21.3 Å². The highest BCUT2D eigenvalue weighted by Crippen LogP contribution is 2.25. The van der Waals surface area contributed by atoms with Crippen LogP contribution in [0.25, 0.3) is 0 Å². The first-order chi connectivity index (χ1) is 6.98. The van der Waals surface area contributed by atoms with Gasteiger partial charge in [-0.3, -0.25) is 0 Å². The minimum Gasteiger partial charge on any atom is -0.497 e. The summed E-state index contributed by atoms with van der Waals surface area (Å²) in [5, 5.41) is 3.29. The van der Waals surface area contributed by atoms with Crippen LogP contribution in [0, 0.1) is 0 Å². The normalized spacial score (nSPS) is 11.5. The molecule has 1 rings (SSSR count). The molecule has 0 heterocycles. The van der Waals surface area contributed by atoms with Gasteiger partial charge in [-0.15, -0.1) is 0 Å². The lowest BCUT2D eigenvalue weighted by Crippen LogP contribution is -2.38. The first-order valence-corrected chi connectivity index (χ1v) is 5.79. The van der Waals surface area contributed by atoms with Crippen molar-refractivity contribution in [3.05, 3.63) is 28.2 Å². The minimum absolute atomic E-state index is 0.0921. The van der Waals surface area contributed by atoms with Crippen LogP contribution in [-0.4, -0.2) is 19.7 Å². The molecular formula is C12H18BrNO. The fourth-order valence-corrected chi connectivity index (χ4v) is 1.76. The summed E-state index contributed by atoms with van der Waals surface area (Å²) < 4.78 is 6.35. The monoisotopic (exact) mass is 271 g/mol. The van der Waals surface area contributed by atoms with E-state index in [9.17, 15) is 0 Å². The van der Waals surface area contributed by atoms with Crippen LogP contribution in [0.2, 0.25) is 0 Å². The van der Waals surface area contributed by atoms with E-state index in [1.54, 1.807) is 7.11 Å². The minimum atomic E-state index is 0.0921. The summed E-state index contributed by atoms with van der Waals surface area (Å²) in [6.07, 6.45) is 0.960. The van der Waals surface area contributed by atoms with Crippen molar-refractivity contribution >= 4 is 15.9 Å². The SMILES string of the molecule is CNC(C)(C)Cc1cc(OC)ccc1Br. The van der Waals surface area contributed by atoms with Crippen LogP contribution in [0.4, 0.5) is 0 Å². The van der Waals surface area contributed by atoms with Gasteiger partial charge in [-0.05, 0) is 51.1 Å².